The lowest BCUT2D eigenvalue weighted by atomic mass is 9.84. The van der Waals surface area contributed by atoms with Crippen LogP contribution in [0.2, 0.25) is 0 Å². The molecule has 194 valence electrons. The first kappa shape index (κ1) is 25.3. The van der Waals surface area contributed by atoms with Crippen LogP contribution in [0.1, 0.15) is 54.7 Å². The van der Waals surface area contributed by atoms with Gasteiger partial charge >= 0.3 is 0 Å². The van der Waals surface area contributed by atoms with E-state index in [-0.39, 0.29) is 17.8 Å². The molecule has 2 aromatic carbocycles. The van der Waals surface area contributed by atoms with Gasteiger partial charge in [-0.05, 0) is 98.4 Å². The largest absolute Gasteiger partial charge is 0.350 e. The van der Waals surface area contributed by atoms with Crippen LogP contribution in [0.5, 0.6) is 0 Å². The maximum absolute atomic E-state index is 13.0. The zero-order valence-corrected chi connectivity index (χ0v) is 21.5. The van der Waals surface area contributed by atoms with Crippen LogP contribution in [0, 0.1) is 18.7 Å². The number of nitrogens with zero attached hydrogens (tertiary/aromatic N) is 3. The van der Waals surface area contributed by atoms with E-state index < -0.39 is 0 Å². The summed E-state index contributed by atoms with van der Waals surface area (Å²) < 4.78 is 18.2. The van der Waals surface area contributed by atoms with Crippen molar-refractivity contribution < 1.29 is 13.7 Å². The minimum atomic E-state index is -0.273. The summed E-state index contributed by atoms with van der Waals surface area (Å²) in [5.74, 6) is 1.63. The van der Waals surface area contributed by atoms with Gasteiger partial charge in [0.05, 0.1) is 0 Å². The van der Waals surface area contributed by atoms with E-state index >= 15 is 0 Å². The van der Waals surface area contributed by atoms with Gasteiger partial charge in [0.1, 0.15) is 5.82 Å². The van der Waals surface area contributed by atoms with E-state index in [2.05, 4.69) is 38.6 Å². The van der Waals surface area contributed by atoms with Gasteiger partial charge in [0.2, 0.25) is 17.6 Å². The molecule has 1 aromatic heterocycles. The van der Waals surface area contributed by atoms with Gasteiger partial charge < -0.3 is 14.7 Å². The molecule has 7 heteroatoms. The predicted octanol–water partition coefficient (Wildman–Crippen LogP) is 5.36. The second-order valence-electron chi connectivity index (χ2n) is 10.4. The van der Waals surface area contributed by atoms with Gasteiger partial charge in [-0.1, -0.05) is 29.4 Å². The maximum Gasteiger partial charge on any atom is 0.244 e. The molecule has 0 saturated heterocycles. The molecule has 1 aliphatic heterocycles. The number of amides is 1. The fourth-order valence-corrected chi connectivity index (χ4v) is 5.51. The van der Waals surface area contributed by atoms with Crippen LogP contribution in [0.3, 0.4) is 0 Å². The van der Waals surface area contributed by atoms with Crippen LogP contribution < -0.4 is 5.32 Å². The van der Waals surface area contributed by atoms with Crippen molar-refractivity contribution in [2.24, 2.45) is 5.92 Å². The summed E-state index contributed by atoms with van der Waals surface area (Å²) in [6, 6.07) is 12.9. The topological polar surface area (TPSA) is 71.3 Å². The van der Waals surface area contributed by atoms with E-state index in [0.717, 1.165) is 75.2 Å². The molecule has 0 atom stereocenters. The van der Waals surface area contributed by atoms with Crippen LogP contribution in [-0.4, -0.2) is 46.6 Å². The predicted molar refractivity (Wildman–Crippen MR) is 142 cm³/mol. The number of hydrogen-bond donors (Lipinski definition) is 1. The fraction of sp³-hybridized carbons (Fsp3) is 0.433. The standard InChI is InChI=1S/C30H35FN4O2/c1-21-32-30(34-37-21)26-8-7-24-15-18-35(19-16-25(24)20-26)17-14-23-4-11-28(12-5-23)33-29(36)13-6-22-2-9-27(31)10-3-22/h2-3,6-10,13,20,23,28H,4-5,11-12,14-19H2,1H3,(H,33,36)/t23-,28-. The molecule has 0 radical (unpaired) electrons. The number of halogens is 1. The van der Waals surface area contributed by atoms with Crippen LogP contribution in [-0.2, 0) is 17.6 Å². The monoisotopic (exact) mass is 502 g/mol. The Kier molecular flexibility index (Phi) is 8.09. The zero-order valence-electron chi connectivity index (χ0n) is 21.5. The third-order valence-electron chi connectivity index (χ3n) is 7.73. The van der Waals surface area contributed by atoms with Crippen LogP contribution in [0.4, 0.5) is 4.39 Å². The Morgan fingerprint density at radius 2 is 1.84 bits per heavy atom. The Labute approximate surface area is 218 Å². The van der Waals surface area contributed by atoms with E-state index in [4.69, 9.17) is 4.52 Å². The smallest absolute Gasteiger partial charge is 0.244 e. The van der Waals surface area contributed by atoms with Crippen molar-refractivity contribution in [3.63, 3.8) is 0 Å². The van der Waals surface area contributed by atoms with Crippen LogP contribution in [0.15, 0.2) is 53.1 Å². The van der Waals surface area contributed by atoms with E-state index in [0.29, 0.717) is 11.7 Å². The van der Waals surface area contributed by atoms with Crippen molar-refractivity contribution in [3.05, 3.63) is 76.9 Å². The third-order valence-corrected chi connectivity index (χ3v) is 7.73. The molecule has 1 saturated carbocycles. The Morgan fingerprint density at radius 3 is 2.57 bits per heavy atom. The van der Waals surface area contributed by atoms with Crippen LogP contribution in [0.25, 0.3) is 17.5 Å². The number of hydrogen-bond acceptors (Lipinski definition) is 5. The maximum atomic E-state index is 13.0. The van der Waals surface area contributed by atoms with Gasteiger partial charge in [0, 0.05) is 37.7 Å². The van der Waals surface area contributed by atoms with Gasteiger partial charge in [-0.15, -0.1) is 0 Å². The van der Waals surface area contributed by atoms with Gasteiger partial charge in [0.25, 0.3) is 0 Å². The first-order valence-corrected chi connectivity index (χ1v) is 13.4. The van der Waals surface area contributed by atoms with Crippen molar-refractivity contribution >= 4 is 12.0 Å². The molecule has 37 heavy (non-hydrogen) atoms. The Balaban J connectivity index is 1.03. The summed E-state index contributed by atoms with van der Waals surface area (Å²) in [7, 11) is 0. The number of nitrogens with one attached hydrogen (secondary N) is 1. The van der Waals surface area contributed by atoms with Crippen molar-refractivity contribution in [3.8, 4) is 11.4 Å². The zero-order chi connectivity index (χ0) is 25.6. The molecule has 2 heterocycles. The molecule has 1 amide bonds. The summed E-state index contributed by atoms with van der Waals surface area (Å²) >= 11 is 0. The minimum Gasteiger partial charge on any atom is -0.350 e. The summed E-state index contributed by atoms with van der Waals surface area (Å²) in [5.41, 5.74) is 4.67. The molecule has 0 spiro atoms. The van der Waals surface area contributed by atoms with Gasteiger partial charge in [-0.3, -0.25) is 4.79 Å². The highest BCUT2D eigenvalue weighted by Crippen LogP contribution is 2.28. The van der Waals surface area contributed by atoms with E-state index in [1.54, 1.807) is 24.3 Å². The summed E-state index contributed by atoms with van der Waals surface area (Å²) in [4.78, 5) is 19.3. The molecule has 3 aromatic rings. The summed E-state index contributed by atoms with van der Waals surface area (Å²) in [5, 5.41) is 7.20. The molecule has 1 fully saturated rings. The molecule has 2 aliphatic rings. The highest BCUT2D eigenvalue weighted by molar-refractivity contribution is 5.91. The van der Waals surface area contributed by atoms with Crippen molar-refractivity contribution in [2.45, 2.75) is 57.9 Å². The Hall–Kier alpha value is -3.32. The Morgan fingerprint density at radius 1 is 1.08 bits per heavy atom. The van der Waals surface area contributed by atoms with Gasteiger partial charge in [0.15, 0.2) is 0 Å². The van der Waals surface area contributed by atoms with E-state index in [1.165, 1.54) is 29.7 Å². The van der Waals surface area contributed by atoms with Crippen molar-refractivity contribution in [1.29, 1.82) is 0 Å². The normalized spacial score (nSPS) is 20.5. The molecular weight excluding hydrogens is 467 g/mol. The number of carbonyl (C=O) groups is 1. The van der Waals surface area contributed by atoms with Gasteiger partial charge in [-0.2, -0.15) is 4.98 Å². The highest BCUT2D eigenvalue weighted by Gasteiger charge is 2.23. The summed E-state index contributed by atoms with van der Waals surface area (Å²) in [6.07, 6.45) is 11.0. The SMILES string of the molecule is Cc1nc(-c2ccc3c(c2)CCN(CC[C@H]2CC[C@H](NC(=O)C=Cc4ccc(F)cc4)CC2)CC3)no1. The first-order chi connectivity index (χ1) is 18.0. The number of aryl methyl sites for hydroxylation is 1. The minimum absolute atomic E-state index is 0.0745. The number of benzene rings is 2. The number of aromatic nitrogens is 2. The highest BCUT2D eigenvalue weighted by atomic mass is 19.1. The second kappa shape index (κ2) is 11.8. The summed E-state index contributed by atoms with van der Waals surface area (Å²) in [6.45, 7) is 5.12. The van der Waals surface area contributed by atoms with Crippen molar-refractivity contribution in [2.75, 3.05) is 19.6 Å². The number of carbonyl (C=O) groups excluding carboxylic acids is 1. The fourth-order valence-electron chi connectivity index (χ4n) is 5.51. The van der Waals surface area contributed by atoms with Crippen molar-refractivity contribution in [1.82, 2.24) is 20.4 Å². The molecule has 1 aliphatic carbocycles. The average molecular weight is 503 g/mol. The third kappa shape index (κ3) is 6.92. The van der Waals surface area contributed by atoms with Gasteiger partial charge in [-0.25, -0.2) is 4.39 Å². The second-order valence-corrected chi connectivity index (χ2v) is 10.4. The number of rotatable bonds is 7. The molecule has 6 nitrogen and oxygen atoms in total. The van der Waals surface area contributed by atoms with E-state index in [9.17, 15) is 9.18 Å². The van der Waals surface area contributed by atoms with E-state index in [1.807, 2.05) is 6.92 Å². The molecule has 5 rings (SSSR count). The lowest BCUT2D eigenvalue weighted by molar-refractivity contribution is -0.117. The van der Waals surface area contributed by atoms with Crippen LogP contribution >= 0.6 is 0 Å². The lowest BCUT2D eigenvalue weighted by Crippen LogP contribution is -2.37. The Bertz CT molecular complexity index is 1230. The molecule has 0 bridgehead atoms. The quantitative estimate of drug-likeness (QED) is 0.440. The average Bonchev–Trinajstić information content (AvgIpc) is 3.24. The first-order valence-electron chi connectivity index (χ1n) is 13.4. The molecular formula is C30H35FN4O2. The molecule has 1 N–H and O–H groups in total. The molecule has 0 unspecified atom stereocenters. The lowest BCUT2D eigenvalue weighted by Gasteiger charge is -2.30. The number of fused-ring (bicyclic) bond motifs is 1.